The van der Waals surface area contributed by atoms with E-state index in [9.17, 15) is 9.59 Å². The van der Waals surface area contributed by atoms with Crippen LogP contribution in [0.5, 0.6) is 0 Å². The van der Waals surface area contributed by atoms with Crippen LogP contribution < -0.4 is 10.6 Å². The molecule has 4 aromatic rings. The first-order chi connectivity index (χ1) is 18.9. The normalized spacial score (nSPS) is 17.1. The van der Waals surface area contributed by atoms with Gasteiger partial charge in [0.05, 0.1) is 23.1 Å². The highest BCUT2D eigenvalue weighted by atomic mass is 16.2. The van der Waals surface area contributed by atoms with Crippen LogP contribution in [0.4, 0.5) is 11.5 Å². The summed E-state index contributed by atoms with van der Waals surface area (Å²) in [7, 11) is 6.00. The minimum atomic E-state index is -0.134. The number of piperidine rings is 1. The molecule has 1 atom stereocenters. The molecular formula is C29H32N8O2. The molecule has 1 unspecified atom stereocenters. The summed E-state index contributed by atoms with van der Waals surface area (Å²) in [6.45, 7) is 2.82. The van der Waals surface area contributed by atoms with E-state index in [-0.39, 0.29) is 17.7 Å². The lowest BCUT2D eigenvalue weighted by molar-refractivity contribution is -0.134. The number of fused-ring (bicyclic) bond motifs is 2. The Labute approximate surface area is 227 Å². The van der Waals surface area contributed by atoms with Crippen LogP contribution in [0.15, 0.2) is 49.1 Å². The van der Waals surface area contributed by atoms with E-state index >= 15 is 0 Å². The van der Waals surface area contributed by atoms with Crippen molar-refractivity contribution < 1.29 is 9.59 Å². The van der Waals surface area contributed by atoms with Gasteiger partial charge >= 0.3 is 0 Å². The quantitative estimate of drug-likeness (QED) is 0.382. The van der Waals surface area contributed by atoms with Crippen LogP contribution in [-0.2, 0) is 18.4 Å². The van der Waals surface area contributed by atoms with E-state index in [2.05, 4.69) is 25.5 Å². The fourth-order valence-corrected chi connectivity index (χ4v) is 5.52. The number of carbonyl (C=O) groups is 2. The third-order valence-corrected chi connectivity index (χ3v) is 7.71. The lowest BCUT2D eigenvalue weighted by atomic mass is 9.90. The van der Waals surface area contributed by atoms with Gasteiger partial charge in [-0.25, -0.2) is 9.97 Å². The van der Waals surface area contributed by atoms with Crippen molar-refractivity contribution in [3.05, 3.63) is 65.7 Å². The van der Waals surface area contributed by atoms with Gasteiger partial charge in [-0.05, 0) is 50.2 Å². The van der Waals surface area contributed by atoms with E-state index < -0.39 is 0 Å². The van der Waals surface area contributed by atoms with Crippen molar-refractivity contribution in [1.29, 1.82) is 0 Å². The van der Waals surface area contributed by atoms with Crippen molar-refractivity contribution in [2.24, 2.45) is 7.05 Å². The number of hydrogen-bond acceptors (Lipinski definition) is 7. The first-order valence-corrected chi connectivity index (χ1v) is 13.2. The number of likely N-dealkylation sites (N-methyl/N-ethyl adjacent to an activating group) is 1. The topological polar surface area (TPSA) is 108 Å². The SMILES string of the molecule is CN(C)CCN1CCC(c2ccc(Nc3cnc(-c4ccnc5c4ccn5C)c4c3C(=O)NC4)nc2)CC1=O. The highest BCUT2D eigenvalue weighted by Gasteiger charge is 2.29. The van der Waals surface area contributed by atoms with Gasteiger partial charge in [0.15, 0.2) is 0 Å². The smallest absolute Gasteiger partial charge is 0.254 e. The molecule has 0 aliphatic carbocycles. The number of nitrogens with one attached hydrogen (secondary N) is 2. The Kier molecular flexibility index (Phi) is 6.48. The summed E-state index contributed by atoms with van der Waals surface area (Å²) in [5.74, 6) is 0.857. The lowest BCUT2D eigenvalue weighted by Gasteiger charge is -2.32. The Balaban J connectivity index is 1.21. The Bertz CT molecular complexity index is 1560. The Morgan fingerprint density at radius 1 is 1.10 bits per heavy atom. The second kappa shape index (κ2) is 10.1. The third kappa shape index (κ3) is 4.72. The van der Waals surface area contributed by atoms with Gasteiger partial charge in [0.25, 0.3) is 5.91 Å². The monoisotopic (exact) mass is 524 g/mol. The number of amides is 2. The molecule has 1 fully saturated rings. The van der Waals surface area contributed by atoms with Crippen molar-refractivity contribution in [3.63, 3.8) is 0 Å². The maximum atomic E-state index is 12.9. The summed E-state index contributed by atoms with van der Waals surface area (Å²) in [5.41, 5.74) is 5.71. The Morgan fingerprint density at radius 3 is 2.74 bits per heavy atom. The van der Waals surface area contributed by atoms with Gasteiger partial charge in [0.2, 0.25) is 5.91 Å². The molecule has 2 aliphatic rings. The van der Waals surface area contributed by atoms with Crippen LogP contribution in [0.25, 0.3) is 22.3 Å². The van der Waals surface area contributed by atoms with E-state index in [0.717, 1.165) is 59.5 Å². The van der Waals surface area contributed by atoms with Crippen molar-refractivity contribution >= 4 is 34.4 Å². The van der Waals surface area contributed by atoms with E-state index in [1.807, 2.05) is 67.3 Å². The molecule has 2 N–H and O–H groups in total. The van der Waals surface area contributed by atoms with E-state index in [1.165, 1.54) is 0 Å². The zero-order valence-corrected chi connectivity index (χ0v) is 22.4. The van der Waals surface area contributed by atoms with Gasteiger partial charge in [-0.2, -0.15) is 0 Å². The maximum Gasteiger partial charge on any atom is 0.254 e. The number of anilines is 2. The van der Waals surface area contributed by atoms with Gasteiger partial charge in [0, 0.05) is 74.8 Å². The van der Waals surface area contributed by atoms with Crippen LogP contribution in [0, 0.1) is 0 Å². The number of aromatic nitrogens is 4. The molecule has 39 heavy (non-hydrogen) atoms. The zero-order chi connectivity index (χ0) is 27.1. The number of pyridine rings is 3. The highest BCUT2D eigenvalue weighted by Crippen LogP contribution is 2.36. The van der Waals surface area contributed by atoms with E-state index in [0.29, 0.717) is 30.0 Å². The standard InChI is InChI=1S/C29H32N8O2/c1-35(2)12-13-37-11-7-18(14-25(37)38)19-4-5-24(31-15-19)34-23-17-32-27(22-16-33-29(39)26(22)23)20-6-9-30-28-21(20)8-10-36(28)3/h4-6,8-10,15,17-18H,7,11-14,16H2,1-3H3,(H,31,34)(H,33,39). The first-order valence-electron chi connectivity index (χ1n) is 13.2. The highest BCUT2D eigenvalue weighted by molar-refractivity contribution is 6.06. The van der Waals surface area contributed by atoms with Crippen LogP contribution in [0.1, 0.15) is 40.2 Å². The molecule has 1 saturated heterocycles. The lowest BCUT2D eigenvalue weighted by Crippen LogP contribution is -2.41. The van der Waals surface area contributed by atoms with Gasteiger partial charge < -0.3 is 25.0 Å². The summed E-state index contributed by atoms with van der Waals surface area (Å²) >= 11 is 0. The Morgan fingerprint density at radius 2 is 1.97 bits per heavy atom. The molecule has 10 heteroatoms. The predicted octanol–water partition coefficient (Wildman–Crippen LogP) is 3.28. The number of carbonyl (C=O) groups excluding carboxylic acids is 2. The van der Waals surface area contributed by atoms with Crippen LogP contribution >= 0.6 is 0 Å². The number of aryl methyl sites for hydroxylation is 1. The fraction of sp³-hybridized carbons (Fsp3) is 0.345. The molecule has 6 rings (SSSR count). The molecule has 0 spiro atoms. The predicted molar refractivity (Wildman–Crippen MR) is 150 cm³/mol. The van der Waals surface area contributed by atoms with Crippen molar-refractivity contribution in [3.8, 4) is 11.3 Å². The summed E-state index contributed by atoms with van der Waals surface area (Å²) < 4.78 is 1.97. The van der Waals surface area contributed by atoms with Crippen molar-refractivity contribution in [2.75, 3.05) is 39.0 Å². The Hall–Kier alpha value is -4.31. The zero-order valence-electron chi connectivity index (χ0n) is 22.4. The van der Waals surface area contributed by atoms with E-state index in [4.69, 9.17) is 4.98 Å². The van der Waals surface area contributed by atoms with Crippen LogP contribution in [-0.4, -0.2) is 74.9 Å². The third-order valence-electron chi connectivity index (χ3n) is 7.71. The summed E-state index contributed by atoms with van der Waals surface area (Å²) in [5, 5.41) is 7.24. The molecular weight excluding hydrogens is 492 g/mol. The van der Waals surface area contributed by atoms with Gasteiger partial charge in [0.1, 0.15) is 11.5 Å². The molecule has 2 amide bonds. The molecule has 0 bridgehead atoms. The molecule has 2 aliphatic heterocycles. The second-order valence-electron chi connectivity index (χ2n) is 10.6. The second-order valence-corrected chi connectivity index (χ2v) is 10.6. The summed E-state index contributed by atoms with van der Waals surface area (Å²) in [6, 6.07) is 7.89. The molecule has 0 saturated carbocycles. The molecule has 0 radical (unpaired) electrons. The number of rotatable bonds is 7. The molecule has 0 aromatic carbocycles. The summed E-state index contributed by atoms with van der Waals surface area (Å²) in [4.78, 5) is 43.5. The molecule has 10 nitrogen and oxygen atoms in total. The maximum absolute atomic E-state index is 12.9. The molecule has 4 aromatic heterocycles. The van der Waals surface area contributed by atoms with Crippen molar-refractivity contribution in [1.82, 2.24) is 34.6 Å². The minimum absolute atomic E-state index is 0.134. The number of hydrogen-bond donors (Lipinski definition) is 2. The van der Waals surface area contributed by atoms with Crippen LogP contribution in [0.3, 0.4) is 0 Å². The minimum Gasteiger partial charge on any atom is -0.348 e. The van der Waals surface area contributed by atoms with Gasteiger partial charge in [-0.15, -0.1) is 0 Å². The average molecular weight is 525 g/mol. The van der Waals surface area contributed by atoms with Gasteiger partial charge in [-0.3, -0.25) is 14.6 Å². The molecule has 200 valence electrons. The fourth-order valence-electron chi connectivity index (χ4n) is 5.52. The first kappa shape index (κ1) is 25.0. The van der Waals surface area contributed by atoms with Crippen molar-refractivity contribution in [2.45, 2.75) is 25.3 Å². The average Bonchev–Trinajstić information content (AvgIpc) is 3.51. The summed E-state index contributed by atoms with van der Waals surface area (Å²) in [6.07, 6.45) is 8.71. The largest absolute Gasteiger partial charge is 0.348 e. The number of likely N-dealkylation sites (tertiary alicyclic amines) is 1. The molecule has 6 heterocycles. The number of nitrogens with zero attached hydrogens (tertiary/aromatic N) is 6. The van der Waals surface area contributed by atoms with E-state index in [1.54, 1.807) is 12.4 Å². The van der Waals surface area contributed by atoms with Gasteiger partial charge in [-0.1, -0.05) is 6.07 Å². The van der Waals surface area contributed by atoms with Crippen LogP contribution in [0.2, 0.25) is 0 Å².